The Balaban J connectivity index is 0.00000174. The van der Waals surface area contributed by atoms with Crippen LogP contribution < -0.4 is 9.64 Å². The monoisotopic (exact) mass is 745 g/mol. The highest BCUT2D eigenvalue weighted by Gasteiger charge is 2.21. The first-order valence-corrected chi connectivity index (χ1v) is 19.7. The molecular formula is C55H55NO. The van der Waals surface area contributed by atoms with Crippen LogP contribution in [0.1, 0.15) is 74.9 Å². The van der Waals surface area contributed by atoms with Gasteiger partial charge in [0.15, 0.2) is 0 Å². The summed E-state index contributed by atoms with van der Waals surface area (Å²) in [5.41, 5.74) is 15.5. The van der Waals surface area contributed by atoms with Crippen LogP contribution in [-0.4, -0.2) is 6.54 Å². The molecule has 5 aromatic carbocycles. The molecule has 6 rings (SSSR count). The molecule has 1 aliphatic carbocycles. The van der Waals surface area contributed by atoms with E-state index in [-0.39, 0.29) is 0 Å². The molecule has 0 saturated carbocycles. The lowest BCUT2D eigenvalue weighted by molar-refractivity contribution is 0.446. The molecule has 0 unspecified atom stereocenters. The number of terminal acetylenes is 2. The lowest BCUT2D eigenvalue weighted by Gasteiger charge is -2.25. The van der Waals surface area contributed by atoms with Gasteiger partial charge in [0, 0.05) is 23.5 Å². The molecule has 0 N–H and O–H groups in total. The number of rotatable bonds is 13. The average molecular weight is 746 g/mol. The van der Waals surface area contributed by atoms with Gasteiger partial charge in [0.05, 0.1) is 0 Å². The van der Waals surface area contributed by atoms with Gasteiger partial charge in [-0.3, -0.25) is 0 Å². The normalized spacial score (nSPS) is 12.1. The Morgan fingerprint density at radius 1 is 0.719 bits per heavy atom. The number of benzene rings is 5. The SMILES string of the molecule is C#C.C#C/C=C\C(=C/C)c1ccc(N(C/C=C\C(=C/C)c2cccc3c2Cc2ccccc2-3)c2ccc(/C(=C/C)C(=C)Oc3ccccc3CC)cc2)cc1.CC. The third-order valence-corrected chi connectivity index (χ3v) is 9.91. The van der Waals surface area contributed by atoms with Crippen LogP contribution in [0.2, 0.25) is 0 Å². The van der Waals surface area contributed by atoms with E-state index in [0.29, 0.717) is 12.3 Å². The quantitative estimate of drug-likeness (QED) is 0.0663. The standard InChI is InChI=1S/C51H47NO.C2H6.C2H2/c1-7-12-19-38(8-2)41-27-31-44(32-28-41)52(35-18-22-39(9-3)47-24-17-25-49-48-23-15-13-21-43(48)36-50(47)49)45-33-29-42(30-34-45)46(11-5)37(6)53-51-26-16-14-20-40(51)10-4;2*1-2/h1,8-9,11-34H,6,10,35-36H2,2-5H3;1-2H3;1-2H/b19-12-,22-18-,38-8+,39-9+,46-11+;;. The number of aryl methyl sites for hydroxylation is 1. The van der Waals surface area contributed by atoms with Crippen LogP contribution in [0, 0.1) is 25.2 Å². The molecule has 57 heavy (non-hydrogen) atoms. The Kier molecular flexibility index (Phi) is 16.6. The molecule has 0 amide bonds. The number of hydrogen-bond donors (Lipinski definition) is 0. The van der Waals surface area contributed by atoms with Gasteiger partial charge in [-0.2, -0.15) is 0 Å². The maximum absolute atomic E-state index is 6.32. The van der Waals surface area contributed by atoms with Crippen molar-refractivity contribution >= 4 is 28.1 Å². The molecule has 1 aliphatic rings. The fraction of sp³-hybridized carbons (Fsp3) is 0.164. The fourth-order valence-corrected chi connectivity index (χ4v) is 7.14. The third kappa shape index (κ3) is 10.3. The molecule has 0 aromatic heterocycles. The lowest BCUT2D eigenvalue weighted by atomic mass is 9.95. The van der Waals surface area contributed by atoms with Gasteiger partial charge in [0.1, 0.15) is 11.5 Å². The highest BCUT2D eigenvalue weighted by Crippen LogP contribution is 2.40. The first-order valence-electron chi connectivity index (χ1n) is 19.7. The molecule has 0 spiro atoms. The molecule has 0 bridgehead atoms. The number of allylic oxidation sites excluding steroid dienone is 9. The maximum atomic E-state index is 6.32. The zero-order valence-electron chi connectivity index (χ0n) is 34.4. The summed E-state index contributed by atoms with van der Waals surface area (Å²) in [6.07, 6.45) is 30.0. The van der Waals surface area contributed by atoms with Crippen molar-refractivity contribution in [1.29, 1.82) is 0 Å². The van der Waals surface area contributed by atoms with Gasteiger partial charge in [0.2, 0.25) is 0 Å². The largest absolute Gasteiger partial charge is 0.457 e. The summed E-state index contributed by atoms with van der Waals surface area (Å²) in [5, 5.41) is 0. The van der Waals surface area contributed by atoms with Gasteiger partial charge in [-0.1, -0.05) is 149 Å². The molecule has 0 saturated heterocycles. The molecule has 2 nitrogen and oxygen atoms in total. The van der Waals surface area contributed by atoms with Crippen molar-refractivity contribution < 1.29 is 4.74 Å². The van der Waals surface area contributed by atoms with Crippen molar-refractivity contribution in [2.24, 2.45) is 0 Å². The van der Waals surface area contributed by atoms with Gasteiger partial charge in [-0.15, -0.1) is 19.3 Å². The zero-order chi connectivity index (χ0) is 41.2. The number of hydrogen-bond acceptors (Lipinski definition) is 2. The molecule has 0 aliphatic heterocycles. The van der Waals surface area contributed by atoms with E-state index >= 15 is 0 Å². The summed E-state index contributed by atoms with van der Waals surface area (Å²) in [6.45, 7) is 17.3. The second kappa shape index (κ2) is 22.0. The van der Waals surface area contributed by atoms with E-state index in [1.807, 2.05) is 52.0 Å². The van der Waals surface area contributed by atoms with E-state index in [1.165, 1.54) is 33.4 Å². The molecule has 5 aromatic rings. The van der Waals surface area contributed by atoms with Crippen LogP contribution in [0.25, 0.3) is 27.8 Å². The minimum atomic E-state index is 0.629. The zero-order valence-corrected chi connectivity index (χ0v) is 34.4. The number of para-hydroxylation sites is 1. The number of nitrogens with zero attached hydrogens (tertiary/aromatic N) is 1. The summed E-state index contributed by atoms with van der Waals surface area (Å²) in [7, 11) is 0. The Labute approximate surface area is 343 Å². The van der Waals surface area contributed by atoms with Crippen molar-refractivity contribution in [2.75, 3.05) is 11.4 Å². The smallest absolute Gasteiger partial charge is 0.130 e. The number of anilines is 2. The first-order chi connectivity index (χ1) is 28.0. The number of fused-ring (bicyclic) bond motifs is 3. The summed E-state index contributed by atoms with van der Waals surface area (Å²) in [6, 6.07) is 40.9. The van der Waals surface area contributed by atoms with Crippen molar-refractivity contribution in [1.82, 2.24) is 0 Å². The molecular weight excluding hydrogens is 691 g/mol. The van der Waals surface area contributed by atoms with Crippen LogP contribution in [-0.2, 0) is 12.8 Å². The highest BCUT2D eigenvalue weighted by molar-refractivity contribution is 5.86. The minimum absolute atomic E-state index is 0.629. The van der Waals surface area contributed by atoms with Crippen molar-refractivity contribution in [3.8, 4) is 42.1 Å². The molecule has 0 heterocycles. The Bertz CT molecular complexity index is 2330. The Hall–Kier alpha value is -6.74. The highest BCUT2D eigenvalue weighted by atomic mass is 16.5. The Morgan fingerprint density at radius 3 is 1.96 bits per heavy atom. The van der Waals surface area contributed by atoms with E-state index in [1.54, 1.807) is 6.08 Å². The van der Waals surface area contributed by atoms with Crippen LogP contribution in [0.4, 0.5) is 11.4 Å². The second-order valence-corrected chi connectivity index (χ2v) is 12.9. The second-order valence-electron chi connectivity index (χ2n) is 12.9. The summed E-state index contributed by atoms with van der Waals surface area (Å²) < 4.78 is 6.32. The first kappa shape index (κ1) is 43.0. The van der Waals surface area contributed by atoms with E-state index in [0.717, 1.165) is 57.8 Å². The van der Waals surface area contributed by atoms with E-state index < -0.39 is 0 Å². The number of ether oxygens (including phenoxy) is 1. The molecule has 2 heteroatoms. The summed E-state index contributed by atoms with van der Waals surface area (Å²) >= 11 is 0. The molecule has 0 atom stereocenters. The van der Waals surface area contributed by atoms with Gasteiger partial charge < -0.3 is 9.64 Å². The van der Waals surface area contributed by atoms with E-state index in [4.69, 9.17) is 11.2 Å². The average Bonchev–Trinajstić information content (AvgIpc) is 3.66. The molecule has 286 valence electrons. The van der Waals surface area contributed by atoms with Crippen LogP contribution in [0.3, 0.4) is 0 Å². The van der Waals surface area contributed by atoms with E-state index in [2.05, 4.69) is 172 Å². The summed E-state index contributed by atoms with van der Waals surface area (Å²) in [4.78, 5) is 2.34. The predicted molar refractivity (Wildman–Crippen MR) is 249 cm³/mol. The summed E-state index contributed by atoms with van der Waals surface area (Å²) in [5.74, 6) is 4.08. The lowest BCUT2D eigenvalue weighted by Crippen LogP contribution is -2.17. The van der Waals surface area contributed by atoms with Crippen LogP contribution in [0.15, 0.2) is 170 Å². The molecule has 0 fully saturated rings. The molecule has 0 radical (unpaired) electrons. The van der Waals surface area contributed by atoms with Gasteiger partial charge in [0.25, 0.3) is 0 Å². The van der Waals surface area contributed by atoms with Crippen molar-refractivity contribution in [3.05, 3.63) is 204 Å². The van der Waals surface area contributed by atoms with Gasteiger partial charge in [-0.25, -0.2) is 0 Å². The van der Waals surface area contributed by atoms with Crippen molar-refractivity contribution in [3.63, 3.8) is 0 Å². The fourth-order valence-electron chi connectivity index (χ4n) is 7.14. The van der Waals surface area contributed by atoms with Crippen molar-refractivity contribution in [2.45, 2.75) is 54.4 Å². The Morgan fingerprint density at radius 2 is 1.33 bits per heavy atom. The van der Waals surface area contributed by atoms with Crippen LogP contribution in [0.5, 0.6) is 5.75 Å². The topological polar surface area (TPSA) is 12.5 Å². The van der Waals surface area contributed by atoms with Crippen LogP contribution >= 0.6 is 0 Å². The predicted octanol–water partition coefficient (Wildman–Crippen LogP) is 14.5. The van der Waals surface area contributed by atoms with E-state index in [9.17, 15) is 0 Å². The minimum Gasteiger partial charge on any atom is -0.457 e. The third-order valence-electron chi connectivity index (χ3n) is 9.91. The van der Waals surface area contributed by atoms with Gasteiger partial charge >= 0.3 is 0 Å². The van der Waals surface area contributed by atoms with Gasteiger partial charge in [-0.05, 0) is 132 Å². The maximum Gasteiger partial charge on any atom is 0.130 e.